The summed E-state index contributed by atoms with van der Waals surface area (Å²) in [7, 11) is 0. The fourth-order valence-corrected chi connectivity index (χ4v) is 3.73. The van der Waals surface area contributed by atoms with Gasteiger partial charge in [0, 0.05) is 12.1 Å². The first kappa shape index (κ1) is 26.6. The van der Waals surface area contributed by atoms with Crippen molar-refractivity contribution in [1.82, 2.24) is 19.9 Å². The van der Waals surface area contributed by atoms with Crippen LogP contribution in [0.25, 0.3) is 11.6 Å². The molecule has 1 aromatic heterocycles. The van der Waals surface area contributed by atoms with Crippen LogP contribution in [0.15, 0.2) is 86.0 Å². The van der Waals surface area contributed by atoms with Gasteiger partial charge in [0.05, 0.1) is 13.2 Å². The summed E-state index contributed by atoms with van der Waals surface area (Å²) < 4.78 is 22.5. The summed E-state index contributed by atoms with van der Waals surface area (Å²) in [5, 5.41) is 0. The van der Waals surface area contributed by atoms with Crippen molar-refractivity contribution in [1.29, 1.82) is 0 Å². The van der Waals surface area contributed by atoms with E-state index < -0.39 is 0 Å². The Morgan fingerprint density at radius 3 is 2.08 bits per heavy atom. The first-order valence-electron chi connectivity index (χ1n) is 12.3. The molecule has 0 radical (unpaired) electrons. The fraction of sp³-hybridized carbons (Fsp3) is 0.241. The normalized spacial score (nSPS) is 15.4. The molecule has 38 heavy (non-hydrogen) atoms. The third-order valence-electron chi connectivity index (χ3n) is 5.48. The summed E-state index contributed by atoms with van der Waals surface area (Å²) in [5.74, 6) is -0.0752. The third-order valence-corrected chi connectivity index (χ3v) is 5.48. The monoisotopic (exact) mass is 514 g/mol. The molecule has 1 amide bonds. The fourth-order valence-electron chi connectivity index (χ4n) is 3.73. The molecule has 0 saturated carbocycles. The molecule has 2 aromatic carbocycles. The second-order valence-electron chi connectivity index (χ2n) is 8.27. The van der Waals surface area contributed by atoms with Crippen molar-refractivity contribution in [3.8, 4) is 18.0 Å². The number of benzene rings is 2. The molecule has 1 aliphatic rings. The Labute approximate surface area is 222 Å². The maximum atomic E-state index is 13.7. The van der Waals surface area contributed by atoms with Crippen LogP contribution in [0.2, 0.25) is 0 Å². The lowest BCUT2D eigenvalue weighted by molar-refractivity contribution is -0.133. The summed E-state index contributed by atoms with van der Waals surface area (Å²) in [6.45, 7) is 9.00. The standard InChI is InChI=1S/C29H30N4O5/c1-3-16-36-27-30-28(37-17-4-2)32-29(31-27)38-21-24-20-33(15-18-35-24)26(34)25(23-13-9-6-10-14-23)19-22-11-7-5-8-12-22/h3-14,19,24H,1-2,15-18,20-21H2. The minimum Gasteiger partial charge on any atom is -0.460 e. The lowest BCUT2D eigenvalue weighted by Gasteiger charge is -2.33. The molecule has 0 bridgehead atoms. The smallest absolute Gasteiger partial charge is 0.326 e. The Bertz CT molecular complexity index is 1220. The van der Waals surface area contributed by atoms with E-state index in [1.165, 1.54) is 0 Å². The largest absolute Gasteiger partial charge is 0.460 e. The lowest BCUT2D eigenvalue weighted by atomic mass is 10.0. The molecule has 1 aliphatic heterocycles. The predicted octanol–water partition coefficient (Wildman–Crippen LogP) is 3.85. The number of ether oxygens (including phenoxy) is 4. The van der Waals surface area contributed by atoms with Crippen molar-refractivity contribution >= 4 is 17.6 Å². The molecule has 1 saturated heterocycles. The second-order valence-corrected chi connectivity index (χ2v) is 8.27. The van der Waals surface area contributed by atoms with E-state index in [1.54, 1.807) is 17.1 Å². The second kappa shape index (κ2) is 13.7. The quantitative estimate of drug-likeness (QED) is 0.204. The maximum Gasteiger partial charge on any atom is 0.326 e. The summed E-state index contributed by atoms with van der Waals surface area (Å²) >= 11 is 0. The van der Waals surface area contributed by atoms with Gasteiger partial charge in [-0.2, -0.15) is 0 Å². The number of carbonyl (C=O) groups is 1. The number of hydrogen-bond donors (Lipinski definition) is 0. The molecule has 1 fully saturated rings. The van der Waals surface area contributed by atoms with Gasteiger partial charge >= 0.3 is 18.0 Å². The Balaban J connectivity index is 1.46. The molecule has 0 aliphatic carbocycles. The van der Waals surface area contributed by atoms with Crippen LogP contribution in [0.5, 0.6) is 18.0 Å². The number of morpholine rings is 1. The van der Waals surface area contributed by atoms with Crippen molar-refractivity contribution in [2.75, 3.05) is 39.5 Å². The van der Waals surface area contributed by atoms with E-state index >= 15 is 0 Å². The number of carbonyl (C=O) groups excluding carboxylic acids is 1. The van der Waals surface area contributed by atoms with E-state index in [9.17, 15) is 4.79 Å². The summed E-state index contributed by atoms with van der Waals surface area (Å²) in [6.07, 6.45) is 4.69. The van der Waals surface area contributed by atoms with E-state index in [0.717, 1.165) is 11.1 Å². The van der Waals surface area contributed by atoms with Crippen LogP contribution in [-0.4, -0.2) is 71.4 Å². The molecular weight excluding hydrogens is 484 g/mol. The zero-order chi connectivity index (χ0) is 26.6. The number of hydrogen-bond acceptors (Lipinski definition) is 8. The van der Waals surface area contributed by atoms with Crippen LogP contribution in [0, 0.1) is 0 Å². The Kier molecular flexibility index (Phi) is 9.58. The van der Waals surface area contributed by atoms with Gasteiger partial charge in [0.25, 0.3) is 5.91 Å². The third kappa shape index (κ3) is 7.50. The van der Waals surface area contributed by atoms with Crippen molar-refractivity contribution in [2.45, 2.75) is 6.10 Å². The maximum absolute atomic E-state index is 13.7. The SMILES string of the molecule is C=CCOc1nc(OCC=C)nc(OCC2CN(C(=O)C(=Cc3ccccc3)c3ccccc3)CCO2)n1. The van der Waals surface area contributed by atoms with Gasteiger partial charge in [-0.15, -0.1) is 15.0 Å². The predicted molar refractivity (Wildman–Crippen MR) is 144 cm³/mol. The Morgan fingerprint density at radius 1 is 0.895 bits per heavy atom. The molecule has 9 heteroatoms. The summed E-state index contributed by atoms with van der Waals surface area (Å²) in [4.78, 5) is 27.9. The number of amides is 1. The van der Waals surface area contributed by atoms with Crippen molar-refractivity contribution in [3.63, 3.8) is 0 Å². The van der Waals surface area contributed by atoms with Gasteiger partial charge in [-0.05, 0) is 17.2 Å². The van der Waals surface area contributed by atoms with Gasteiger partial charge in [0.1, 0.15) is 25.9 Å². The number of nitrogens with zero attached hydrogens (tertiary/aromatic N) is 4. The van der Waals surface area contributed by atoms with Crippen LogP contribution < -0.4 is 14.2 Å². The van der Waals surface area contributed by atoms with Crippen molar-refractivity contribution in [2.24, 2.45) is 0 Å². The van der Waals surface area contributed by atoms with Gasteiger partial charge in [-0.3, -0.25) is 4.79 Å². The van der Waals surface area contributed by atoms with E-state index in [2.05, 4.69) is 28.1 Å². The van der Waals surface area contributed by atoms with Crippen LogP contribution in [0.4, 0.5) is 0 Å². The molecule has 9 nitrogen and oxygen atoms in total. The van der Waals surface area contributed by atoms with E-state index in [0.29, 0.717) is 25.3 Å². The molecule has 2 heterocycles. The van der Waals surface area contributed by atoms with Gasteiger partial charge in [-0.25, -0.2) is 0 Å². The minimum atomic E-state index is -0.381. The van der Waals surface area contributed by atoms with Crippen LogP contribution >= 0.6 is 0 Å². The zero-order valence-corrected chi connectivity index (χ0v) is 21.1. The minimum absolute atomic E-state index is 0.0270. The molecule has 0 N–H and O–H groups in total. The van der Waals surface area contributed by atoms with Gasteiger partial charge in [0.2, 0.25) is 0 Å². The molecule has 1 unspecified atom stereocenters. The Morgan fingerprint density at radius 2 is 1.47 bits per heavy atom. The first-order valence-corrected chi connectivity index (χ1v) is 12.3. The van der Waals surface area contributed by atoms with Crippen molar-refractivity contribution in [3.05, 3.63) is 97.1 Å². The average Bonchev–Trinajstić information content (AvgIpc) is 2.97. The van der Waals surface area contributed by atoms with Crippen LogP contribution in [-0.2, 0) is 9.53 Å². The van der Waals surface area contributed by atoms with Crippen molar-refractivity contribution < 1.29 is 23.7 Å². The lowest BCUT2D eigenvalue weighted by Crippen LogP contribution is -2.47. The molecule has 3 aromatic rings. The van der Waals surface area contributed by atoms with Crippen LogP contribution in [0.1, 0.15) is 11.1 Å². The number of aromatic nitrogens is 3. The highest BCUT2D eigenvalue weighted by Gasteiger charge is 2.28. The van der Waals surface area contributed by atoms with Gasteiger partial charge in [-0.1, -0.05) is 86.0 Å². The van der Waals surface area contributed by atoms with Crippen LogP contribution in [0.3, 0.4) is 0 Å². The average molecular weight is 515 g/mol. The molecule has 1 atom stereocenters. The van der Waals surface area contributed by atoms with E-state index in [1.807, 2.05) is 66.7 Å². The first-order chi connectivity index (χ1) is 18.7. The zero-order valence-electron chi connectivity index (χ0n) is 21.1. The summed E-state index contributed by atoms with van der Waals surface area (Å²) in [5.41, 5.74) is 2.42. The van der Waals surface area contributed by atoms with E-state index in [-0.39, 0.29) is 49.9 Å². The number of rotatable bonds is 12. The Hall–Kier alpha value is -4.50. The van der Waals surface area contributed by atoms with Gasteiger partial charge < -0.3 is 23.8 Å². The van der Waals surface area contributed by atoms with E-state index in [4.69, 9.17) is 18.9 Å². The topological polar surface area (TPSA) is 95.9 Å². The highest BCUT2D eigenvalue weighted by Crippen LogP contribution is 2.23. The molecule has 0 spiro atoms. The highest BCUT2D eigenvalue weighted by molar-refractivity contribution is 6.24. The molecule has 196 valence electrons. The molecule has 4 rings (SSSR count). The summed E-state index contributed by atoms with van der Waals surface area (Å²) in [6, 6.07) is 19.6. The van der Waals surface area contributed by atoms with Gasteiger partial charge in [0.15, 0.2) is 0 Å². The molecular formula is C29H30N4O5. The highest BCUT2D eigenvalue weighted by atomic mass is 16.6.